The molecule has 1 aliphatic heterocycles. The molecule has 1 heterocycles. The van der Waals surface area contributed by atoms with Gasteiger partial charge in [-0.1, -0.05) is 35.0 Å². The zero-order chi connectivity index (χ0) is 16.4. The van der Waals surface area contributed by atoms with Crippen molar-refractivity contribution in [2.75, 3.05) is 19.6 Å². The van der Waals surface area contributed by atoms with Crippen molar-refractivity contribution in [1.29, 1.82) is 0 Å². The number of rotatable bonds is 5. The lowest BCUT2D eigenvalue weighted by atomic mass is 9.95. The fraction of sp³-hybridized carbons (Fsp3) is 0.632. The molecule has 1 aromatic carbocycles. The Balaban J connectivity index is 1.57. The molecule has 3 nitrogen and oxygen atoms in total. The Hall–Kier alpha value is -0.870. The molecule has 4 heteroatoms. The zero-order valence-electron chi connectivity index (χ0n) is 14.1. The number of hydrogen-bond acceptors (Lipinski definition) is 2. The molecule has 1 saturated carbocycles. The van der Waals surface area contributed by atoms with Gasteiger partial charge in [-0.2, -0.15) is 0 Å². The molecule has 0 bridgehead atoms. The van der Waals surface area contributed by atoms with Crippen molar-refractivity contribution >= 4 is 21.8 Å². The van der Waals surface area contributed by atoms with Crippen molar-refractivity contribution in [3.05, 3.63) is 34.3 Å². The van der Waals surface area contributed by atoms with Crippen molar-refractivity contribution in [3.63, 3.8) is 0 Å². The van der Waals surface area contributed by atoms with Gasteiger partial charge in [-0.15, -0.1) is 0 Å². The van der Waals surface area contributed by atoms with Crippen LogP contribution in [0.2, 0.25) is 0 Å². The minimum atomic E-state index is -0.279. The highest BCUT2D eigenvalue weighted by atomic mass is 79.9. The number of benzene rings is 1. The highest BCUT2D eigenvalue weighted by Gasteiger charge is 2.51. The van der Waals surface area contributed by atoms with E-state index in [0.717, 1.165) is 48.4 Å². The Morgan fingerprint density at radius 3 is 2.91 bits per heavy atom. The van der Waals surface area contributed by atoms with Crippen LogP contribution < -0.4 is 5.32 Å². The summed E-state index contributed by atoms with van der Waals surface area (Å²) in [4.78, 5) is 15.3. The minimum absolute atomic E-state index is 0.201. The SMILES string of the molecule is CC1CCCN(C(C)CNC(=O)C2(c3cccc(Br)c3)CC2)C1. The smallest absolute Gasteiger partial charge is 0.230 e. The standard InChI is InChI=1S/C19H27BrN2O/c1-14-5-4-10-22(13-14)15(2)12-21-18(23)19(8-9-19)16-6-3-7-17(20)11-16/h3,6-7,11,14-15H,4-5,8-10,12-13H2,1-2H3,(H,21,23). The molecule has 1 aliphatic carbocycles. The average molecular weight is 379 g/mol. The van der Waals surface area contributed by atoms with E-state index in [1.807, 2.05) is 12.1 Å². The molecule has 1 aromatic rings. The number of likely N-dealkylation sites (tertiary alicyclic amines) is 1. The van der Waals surface area contributed by atoms with E-state index < -0.39 is 0 Å². The number of nitrogens with zero attached hydrogens (tertiary/aromatic N) is 1. The first-order valence-electron chi connectivity index (χ1n) is 8.80. The zero-order valence-corrected chi connectivity index (χ0v) is 15.7. The molecule has 1 amide bonds. The van der Waals surface area contributed by atoms with Crippen molar-refractivity contribution in [2.45, 2.75) is 51.0 Å². The summed E-state index contributed by atoms with van der Waals surface area (Å²) in [6, 6.07) is 8.61. The molecular formula is C19H27BrN2O. The largest absolute Gasteiger partial charge is 0.354 e. The van der Waals surface area contributed by atoms with Crippen LogP contribution >= 0.6 is 15.9 Å². The van der Waals surface area contributed by atoms with E-state index in [0.29, 0.717) is 6.04 Å². The quantitative estimate of drug-likeness (QED) is 0.846. The molecule has 2 atom stereocenters. The van der Waals surface area contributed by atoms with Gasteiger partial charge in [0.05, 0.1) is 5.41 Å². The average Bonchev–Trinajstić information content (AvgIpc) is 3.34. The highest BCUT2D eigenvalue weighted by molar-refractivity contribution is 9.10. The summed E-state index contributed by atoms with van der Waals surface area (Å²) >= 11 is 3.51. The summed E-state index contributed by atoms with van der Waals surface area (Å²) in [5.74, 6) is 0.978. The summed E-state index contributed by atoms with van der Waals surface area (Å²) in [5, 5.41) is 3.22. The van der Waals surface area contributed by atoms with Crippen molar-refractivity contribution < 1.29 is 4.79 Å². The highest BCUT2D eigenvalue weighted by Crippen LogP contribution is 2.48. The van der Waals surface area contributed by atoms with Gasteiger partial charge in [0.1, 0.15) is 0 Å². The first-order chi connectivity index (χ1) is 11.0. The van der Waals surface area contributed by atoms with Gasteiger partial charge < -0.3 is 5.32 Å². The second-order valence-electron chi connectivity index (χ2n) is 7.39. The van der Waals surface area contributed by atoms with Gasteiger partial charge in [0.25, 0.3) is 0 Å². The van der Waals surface area contributed by atoms with Crippen LogP contribution in [0.1, 0.15) is 45.1 Å². The van der Waals surface area contributed by atoms with Gasteiger partial charge in [-0.25, -0.2) is 0 Å². The monoisotopic (exact) mass is 378 g/mol. The lowest BCUT2D eigenvalue weighted by Gasteiger charge is -2.35. The van der Waals surface area contributed by atoms with Crippen LogP contribution in [0, 0.1) is 5.92 Å². The Bertz CT molecular complexity index is 570. The maximum atomic E-state index is 12.7. The maximum Gasteiger partial charge on any atom is 0.230 e. The fourth-order valence-electron chi connectivity index (χ4n) is 3.72. The van der Waals surface area contributed by atoms with Crippen LogP contribution in [-0.2, 0) is 10.2 Å². The third-order valence-electron chi connectivity index (χ3n) is 5.43. The van der Waals surface area contributed by atoms with Crippen molar-refractivity contribution in [3.8, 4) is 0 Å². The number of halogens is 1. The molecule has 2 fully saturated rings. The second-order valence-corrected chi connectivity index (χ2v) is 8.31. The molecule has 126 valence electrons. The third kappa shape index (κ3) is 3.80. The van der Waals surface area contributed by atoms with E-state index in [2.05, 4.69) is 52.1 Å². The topological polar surface area (TPSA) is 32.3 Å². The normalized spacial score (nSPS) is 24.9. The number of amides is 1. The van der Waals surface area contributed by atoms with Gasteiger partial charge in [0.2, 0.25) is 5.91 Å². The predicted molar refractivity (Wildman–Crippen MR) is 97.5 cm³/mol. The lowest BCUT2D eigenvalue weighted by Crippen LogP contribution is -2.47. The summed E-state index contributed by atoms with van der Waals surface area (Å²) in [7, 11) is 0. The molecule has 2 unspecified atom stereocenters. The fourth-order valence-corrected chi connectivity index (χ4v) is 4.12. The first kappa shape index (κ1) is 17.0. The van der Waals surface area contributed by atoms with E-state index >= 15 is 0 Å². The van der Waals surface area contributed by atoms with E-state index in [-0.39, 0.29) is 11.3 Å². The molecule has 0 radical (unpaired) electrons. The number of nitrogens with one attached hydrogen (secondary N) is 1. The number of hydrogen-bond donors (Lipinski definition) is 1. The van der Waals surface area contributed by atoms with Crippen LogP contribution in [0.15, 0.2) is 28.7 Å². The van der Waals surface area contributed by atoms with Gasteiger partial charge in [0, 0.05) is 23.6 Å². The maximum absolute atomic E-state index is 12.7. The van der Waals surface area contributed by atoms with Crippen LogP contribution in [0.5, 0.6) is 0 Å². The second kappa shape index (κ2) is 6.94. The first-order valence-corrected chi connectivity index (χ1v) is 9.59. The molecule has 23 heavy (non-hydrogen) atoms. The van der Waals surface area contributed by atoms with Gasteiger partial charge in [-0.3, -0.25) is 9.69 Å². The van der Waals surface area contributed by atoms with Gasteiger partial charge >= 0.3 is 0 Å². The Morgan fingerprint density at radius 2 is 2.26 bits per heavy atom. The molecule has 3 rings (SSSR count). The van der Waals surface area contributed by atoms with E-state index in [4.69, 9.17) is 0 Å². The molecule has 2 aliphatic rings. The minimum Gasteiger partial charge on any atom is -0.354 e. The molecular weight excluding hydrogens is 352 g/mol. The Kier molecular flexibility index (Phi) is 5.12. The predicted octanol–water partition coefficient (Wildman–Crippen LogP) is 3.72. The van der Waals surface area contributed by atoms with E-state index in [9.17, 15) is 4.79 Å². The summed E-state index contributed by atoms with van der Waals surface area (Å²) in [5.41, 5.74) is 0.863. The van der Waals surface area contributed by atoms with E-state index in [1.54, 1.807) is 0 Å². The number of carbonyl (C=O) groups excluding carboxylic acids is 1. The van der Waals surface area contributed by atoms with Crippen molar-refractivity contribution in [1.82, 2.24) is 10.2 Å². The van der Waals surface area contributed by atoms with Gasteiger partial charge in [-0.05, 0) is 62.8 Å². The van der Waals surface area contributed by atoms with Crippen molar-refractivity contribution in [2.24, 2.45) is 5.92 Å². The lowest BCUT2D eigenvalue weighted by molar-refractivity contribution is -0.123. The number of carbonyl (C=O) groups is 1. The summed E-state index contributed by atoms with van der Waals surface area (Å²) in [6.07, 6.45) is 4.54. The summed E-state index contributed by atoms with van der Waals surface area (Å²) in [6.45, 7) is 7.63. The molecule has 0 spiro atoms. The number of piperidine rings is 1. The summed E-state index contributed by atoms with van der Waals surface area (Å²) < 4.78 is 1.05. The van der Waals surface area contributed by atoms with Crippen LogP contribution in [0.25, 0.3) is 0 Å². The van der Waals surface area contributed by atoms with Gasteiger partial charge in [0.15, 0.2) is 0 Å². The third-order valence-corrected chi connectivity index (χ3v) is 5.92. The molecule has 0 aromatic heterocycles. The van der Waals surface area contributed by atoms with Crippen LogP contribution in [0.4, 0.5) is 0 Å². The van der Waals surface area contributed by atoms with E-state index in [1.165, 1.54) is 12.8 Å². The molecule has 1 N–H and O–H groups in total. The Labute approximate surface area is 148 Å². The Morgan fingerprint density at radius 1 is 1.48 bits per heavy atom. The van der Waals surface area contributed by atoms with Crippen LogP contribution in [0.3, 0.4) is 0 Å². The van der Waals surface area contributed by atoms with Crippen LogP contribution in [-0.4, -0.2) is 36.5 Å². The molecule has 1 saturated heterocycles.